The van der Waals surface area contributed by atoms with E-state index in [0.717, 1.165) is 10.2 Å². The summed E-state index contributed by atoms with van der Waals surface area (Å²) in [6.07, 6.45) is 5.15. The standard InChI is InChI=1S/C12H13BrN2O/c1-3-8-15(2)9-12(16)14-11-6-4-10(13)5-7-11/h1,4-7H,8-9H2,2H3,(H,14,16). The van der Waals surface area contributed by atoms with E-state index < -0.39 is 0 Å². The molecular weight excluding hydrogens is 268 g/mol. The van der Waals surface area contributed by atoms with Gasteiger partial charge in [-0.15, -0.1) is 6.42 Å². The summed E-state index contributed by atoms with van der Waals surface area (Å²) < 4.78 is 0.981. The van der Waals surface area contributed by atoms with Crippen LogP contribution in [0.2, 0.25) is 0 Å². The Labute approximate surface area is 104 Å². The van der Waals surface area contributed by atoms with Gasteiger partial charge in [0.2, 0.25) is 5.91 Å². The Hall–Kier alpha value is -1.31. The van der Waals surface area contributed by atoms with Gasteiger partial charge in [0.15, 0.2) is 0 Å². The minimum atomic E-state index is -0.0694. The van der Waals surface area contributed by atoms with Gasteiger partial charge >= 0.3 is 0 Å². The number of nitrogens with zero attached hydrogens (tertiary/aromatic N) is 1. The minimum Gasteiger partial charge on any atom is -0.325 e. The molecule has 1 aromatic rings. The van der Waals surface area contributed by atoms with Gasteiger partial charge in [0.05, 0.1) is 13.1 Å². The summed E-state index contributed by atoms with van der Waals surface area (Å²) in [5, 5.41) is 2.79. The zero-order chi connectivity index (χ0) is 12.0. The quantitative estimate of drug-likeness (QED) is 0.856. The number of rotatable bonds is 4. The van der Waals surface area contributed by atoms with Crippen molar-refractivity contribution in [3.63, 3.8) is 0 Å². The Kier molecular flexibility index (Phi) is 5.03. The van der Waals surface area contributed by atoms with Gasteiger partial charge in [-0.1, -0.05) is 21.9 Å². The SMILES string of the molecule is C#CCN(C)CC(=O)Nc1ccc(Br)cc1. The summed E-state index contributed by atoms with van der Waals surface area (Å²) in [6.45, 7) is 0.758. The van der Waals surface area contributed by atoms with Crippen molar-refractivity contribution in [2.24, 2.45) is 0 Å². The summed E-state index contributed by atoms with van der Waals surface area (Å²) in [6, 6.07) is 7.42. The number of amides is 1. The minimum absolute atomic E-state index is 0.0694. The number of anilines is 1. The number of terminal acetylenes is 1. The van der Waals surface area contributed by atoms with E-state index >= 15 is 0 Å². The molecule has 0 aliphatic rings. The van der Waals surface area contributed by atoms with Gasteiger partial charge in [-0.2, -0.15) is 0 Å². The Morgan fingerprint density at radius 1 is 1.50 bits per heavy atom. The van der Waals surface area contributed by atoms with E-state index in [2.05, 4.69) is 27.2 Å². The second kappa shape index (κ2) is 6.31. The average Bonchev–Trinajstić information content (AvgIpc) is 2.21. The first-order chi connectivity index (χ1) is 7.61. The lowest BCUT2D eigenvalue weighted by molar-refractivity contribution is -0.116. The van der Waals surface area contributed by atoms with Crippen LogP contribution in [0.3, 0.4) is 0 Å². The molecule has 0 spiro atoms. The van der Waals surface area contributed by atoms with Crippen molar-refractivity contribution in [2.45, 2.75) is 0 Å². The zero-order valence-corrected chi connectivity index (χ0v) is 10.6. The van der Waals surface area contributed by atoms with Crippen LogP contribution in [0.15, 0.2) is 28.7 Å². The van der Waals surface area contributed by atoms with Gasteiger partial charge in [0, 0.05) is 10.2 Å². The highest BCUT2D eigenvalue weighted by Gasteiger charge is 2.05. The second-order valence-corrected chi connectivity index (χ2v) is 4.35. The number of hydrogen-bond donors (Lipinski definition) is 1. The lowest BCUT2D eigenvalue weighted by Gasteiger charge is -2.12. The van der Waals surface area contributed by atoms with Gasteiger partial charge in [0.1, 0.15) is 0 Å². The highest BCUT2D eigenvalue weighted by molar-refractivity contribution is 9.10. The zero-order valence-electron chi connectivity index (χ0n) is 9.03. The number of halogens is 1. The van der Waals surface area contributed by atoms with Crippen LogP contribution >= 0.6 is 15.9 Å². The Balaban J connectivity index is 2.46. The van der Waals surface area contributed by atoms with Gasteiger partial charge < -0.3 is 5.32 Å². The number of hydrogen-bond acceptors (Lipinski definition) is 2. The molecule has 1 N–H and O–H groups in total. The fraction of sp³-hybridized carbons (Fsp3) is 0.250. The Bertz CT molecular complexity index is 394. The molecule has 4 heteroatoms. The molecule has 0 atom stereocenters. The summed E-state index contributed by atoms with van der Waals surface area (Å²) in [7, 11) is 1.81. The second-order valence-electron chi connectivity index (χ2n) is 3.43. The molecule has 1 aromatic carbocycles. The molecule has 0 radical (unpaired) electrons. The van der Waals surface area contributed by atoms with Crippen LogP contribution in [0.5, 0.6) is 0 Å². The summed E-state index contributed by atoms with van der Waals surface area (Å²) in [5.74, 6) is 2.41. The third kappa shape index (κ3) is 4.47. The van der Waals surface area contributed by atoms with Crippen LogP contribution in [0, 0.1) is 12.3 Å². The van der Waals surface area contributed by atoms with Crippen LogP contribution in [-0.2, 0) is 4.79 Å². The number of likely N-dealkylation sites (N-methyl/N-ethyl adjacent to an activating group) is 1. The highest BCUT2D eigenvalue weighted by atomic mass is 79.9. The fourth-order valence-electron chi connectivity index (χ4n) is 1.19. The van der Waals surface area contributed by atoms with Gasteiger partial charge in [-0.3, -0.25) is 9.69 Å². The van der Waals surface area contributed by atoms with E-state index in [1.807, 2.05) is 24.3 Å². The monoisotopic (exact) mass is 280 g/mol. The predicted octanol–water partition coefficient (Wildman–Crippen LogP) is 1.95. The molecule has 3 nitrogen and oxygen atoms in total. The summed E-state index contributed by atoms with van der Waals surface area (Å²) in [5.41, 5.74) is 0.780. The maximum absolute atomic E-state index is 11.5. The molecule has 0 saturated heterocycles. The van der Waals surface area contributed by atoms with Crippen molar-refractivity contribution < 1.29 is 4.79 Å². The number of carbonyl (C=O) groups is 1. The van der Waals surface area contributed by atoms with Crippen LogP contribution < -0.4 is 5.32 Å². The summed E-state index contributed by atoms with van der Waals surface area (Å²) in [4.78, 5) is 13.3. The topological polar surface area (TPSA) is 32.3 Å². The Morgan fingerprint density at radius 2 is 2.12 bits per heavy atom. The number of carbonyl (C=O) groups excluding carboxylic acids is 1. The van der Waals surface area contributed by atoms with Gasteiger partial charge in [-0.25, -0.2) is 0 Å². The van der Waals surface area contributed by atoms with Crippen molar-refractivity contribution in [3.8, 4) is 12.3 Å². The maximum atomic E-state index is 11.5. The van der Waals surface area contributed by atoms with E-state index in [4.69, 9.17) is 6.42 Å². The maximum Gasteiger partial charge on any atom is 0.238 e. The lowest BCUT2D eigenvalue weighted by Crippen LogP contribution is -2.30. The predicted molar refractivity (Wildman–Crippen MR) is 69.1 cm³/mol. The third-order valence-corrected chi connectivity index (χ3v) is 2.43. The molecule has 1 amide bonds. The normalized spacial score (nSPS) is 9.88. The third-order valence-electron chi connectivity index (χ3n) is 1.90. The largest absolute Gasteiger partial charge is 0.325 e. The molecule has 1 rings (SSSR count). The van der Waals surface area contributed by atoms with Crippen molar-refractivity contribution in [3.05, 3.63) is 28.7 Å². The van der Waals surface area contributed by atoms with Gasteiger partial charge in [0.25, 0.3) is 0 Å². The van der Waals surface area contributed by atoms with E-state index in [-0.39, 0.29) is 5.91 Å². The van der Waals surface area contributed by atoms with E-state index in [1.54, 1.807) is 11.9 Å². The van der Waals surface area contributed by atoms with Crippen molar-refractivity contribution >= 4 is 27.5 Å². The molecule has 0 aliphatic carbocycles. The van der Waals surface area contributed by atoms with Crippen molar-refractivity contribution in [2.75, 3.05) is 25.5 Å². The molecule has 0 heterocycles. The molecule has 0 saturated carbocycles. The van der Waals surface area contributed by atoms with Crippen molar-refractivity contribution in [1.82, 2.24) is 4.90 Å². The molecule has 0 aliphatic heterocycles. The van der Waals surface area contributed by atoms with E-state index in [9.17, 15) is 4.79 Å². The lowest BCUT2D eigenvalue weighted by atomic mass is 10.3. The first kappa shape index (κ1) is 12.8. The number of benzene rings is 1. The molecule has 0 unspecified atom stereocenters. The molecule has 0 fully saturated rings. The summed E-state index contributed by atoms with van der Waals surface area (Å²) >= 11 is 3.33. The van der Waals surface area contributed by atoms with E-state index in [1.165, 1.54) is 0 Å². The molecule has 0 bridgehead atoms. The first-order valence-electron chi connectivity index (χ1n) is 4.79. The van der Waals surface area contributed by atoms with E-state index in [0.29, 0.717) is 13.1 Å². The van der Waals surface area contributed by atoms with Crippen LogP contribution in [0.1, 0.15) is 0 Å². The van der Waals surface area contributed by atoms with Crippen LogP contribution in [0.4, 0.5) is 5.69 Å². The molecule has 84 valence electrons. The number of nitrogens with one attached hydrogen (secondary N) is 1. The molecular formula is C12H13BrN2O. The molecule has 0 aromatic heterocycles. The Morgan fingerprint density at radius 3 is 2.69 bits per heavy atom. The van der Waals surface area contributed by atoms with Gasteiger partial charge in [-0.05, 0) is 31.3 Å². The average molecular weight is 281 g/mol. The van der Waals surface area contributed by atoms with Crippen molar-refractivity contribution in [1.29, 1.82) is 0 Å². The smallest absolute Gasteiger partial charge is 0.238 e. The fourth-order valence-corrected chi connectivity index (χ4v) is 1.45. The van der Waals surface area contributed by atoms with Crippen LogP contribution in [0.25, 0.3) is 0 Å². The van der Waals surface area contributed by atoms with Crippen LogP contribution in [-0.4, -0.2) is 30.9 Å². The molecule has 16 heavy (non-hydrogen) atoms. The highest BCUT2D eigenvalue weighted by Crippen LogP contribution is 2.13. The first-order valence-corrected chi connectivity index (χ1v) is 5.58.